The molecule has 0 spiro atoms. The number of hydrogen-bond donors (Lipinski definition) is 2. The largest absolute Gasteiger partial charge is 0.378 e. The Bertz CT molecular complexity index is 1030. The topological polar surface area (TPSA) is 66.6 Å². The van der Waals surface area contributed by atoms with Crippen molar-refractivity contribution in [3.8, 4) is 5.69 Å². The molecule has 28 heavy (non-hydrogen) atoms. The summed E-state index contributed by atoms with van der Waals surface area (Å²) in [6, 6.07) is 16.1. The minimum Gasteiger partial charge on any atom is -0.378 e. The molecule has 0 aliphatic heterocycles. The minimum absolute atomic E-state index is 0.466. The molecule has 0 aliphatic carbocycles. The fraction of sp³-hybridized carbons (Fsp3) is 0.143. The van der Waals surface area contributed by atoms with Crippen molar-refractivity contribution < 1.29 is 9.90 Å². The van der Waals surface area contributed by atoms with Crippen molar-refractivity contribution in [3.63, 3.8) is 0 Å². The number of nitrogens with zero attached hydrogens (tertiary/aromatic N) is 2. The monoisotopic (exact) mass is 415 g/mol. The van der Waals surface area contributed by atoms with E-state index in [1.807, 2.05) is 42.7 Å². The lowest BCUT2D eigenvalue weighted by molar-refractivity contribution is -0.129. The molecule has 0 bridgehead atoms. The average Bonchev–Trinajstić information content (AvgIpc) is 2.97. The smallest absolute Gasteiger partial charge is 0.273 e. The summed E-state index contributed by atoms with van der Waals surface area (Å²) in [6.07, 6.45) is 0.253. The van der Waals surface area contributed by atoms with Gasteiger partial charge in [-0.2, -0.15) is 5.10 Å². The van der Waals surface area contributed by atoms with E-state index in [4.69, 9.17) is 23.2 Å². The van der Waals surface area contributed by atoms with Crippen LogP contribution in [0.2, 0.25) is 10.0 Å². The van der Waals surface area contributed by atoms with E-state index < -0.39 is 12.0 Å². The summed E-state index contributed by atoms with van der Waals surface area (Å²) in [5.74, 6) is -0.603. The molecule has 0 aliphatic rings. The van der Waals surface area contributed by atoms with Gasteiger partial charge in [0.15, 0.2) is 6.10 Å². The van der Waals surface area contributed by atoms with Crippen molar-refractivity contribution in [2.45, 2.75) is 20.0 Å². The Labute approximate surface area is 173 Å². The number of halogens is 2. The van der Waals surface area contributed by atoms with Crippen molar-refractivity contribution in [1.29, 1.82) is 0 Å². The lowest BCUT2D eigenvalue weighted by Crippen LogP contribution is -2.25. The predicted octanol–water partition coefficient (Wildman–Crippen LogP) is 4.58. The normalized spacial score (nSPS) is 12.3. The van der Waals surface area contributed by atoms with Gasteiger partial charge in [-0.05, 0) is 37.6 Å². The Hall–Kier alpha value is -2.60. The molecule has 1 atom stereocenters. The molecule has 0 saturated heterocycles. The van der Waals surface area contributed by atoms with Gasteiger partial charge in [-0.15, -0.1) is 0 Å². The third-order valence-electron chi connectivity index (χ3n) is 4.38. The van der Waals surface area contributed by atoms with Crippen molar-refractivity contribution >= 4 is 35.3 Å². The Balaban J connectivity index is 1.78. The third-order valence-corrected chi connectivity index (χ3v) is 5.19. The Morgan fingerprint density at radius 3 is 2.57 bits per heavy atom. The van der Waals surface area contributed by atoms with Crippen LogP contribution in [0.4, 0.5) is 0 Å². The van der Waals surface area contributed by atoms with Gasteiger partial charge in [0.2, 0.25) is 0 Å². The highest BCUT2D eigenvalue weighted by Crippen LogP contribution is 2.31. The summed E-state index contributed by atoms with van der Waals surface area (Å²) in [4.78, 5) is 12.1. The van der Waals surface area contributed by atoms with Gasteiger partial charge in [0, 0.05) is 17.0 Å². The molecule has 1 amide bonds. The summed E-state index contributed by atoms with van der Waals surface area (Å²) >= 11 is 12.5. The Morgan fingerprint density at radius 2 is 1.86 bits per heavy atom. The zero-order chi connectivity index (χ0) is 20.3. The highest BCUT2D eigenvalue weighted by molar-refractivity contribution is 6.43. The fourth-order valence-electron chi connectivity index (χ4n) is 2.97. The maximum atomic E-state index is 12.1. The molecule has 3 rings (SSSR count). The first-order chi connectivity index (χ1) is 13.4. The molecular formula is C21H19Cl2N3O2. The van der Waals surface area contributed by atoms with Crippen molar-refractivity contribution in [1.82, 2.24) is 9.99 Å². The van der Waals surface area contributed by atoms with Gasteiger partial charge < -0.3 is 9.67 Å². The Kier molecular flexibility index (Phi) is 6.19. The van der Waals surface area contributed by atoms with Crippen LogP contribution in [0.15, 0.2) is 59.7 Å². The van der Waals surface area contributed by atoms with Crippen LogP contribution < -0.4 is 5.43 Å². The molecule has 5 nitrogen and oxygen atoms in total. The number of carbonyl (C=O) groups is 1. The molecule has 7 heteroatoms. The molecule has 2 N–H and O–H groups in total. The number of hydrazone groups is 1. The van der Waals surface area contributed by atoms with Crippen LogP contribution in [0.1, 0.15) is 28.6 Å². The third kappa shape index (κ3) is 4.12. The second kappa shape index (κ2) is 8.61. The number of carbonyl (C=O) groups excluding carboxylic acids is 1. The summed E-state index contributed by atoms with van der Waals surface area (Å²) in [5.41, 5.74) is 6.29. The van der Waals surface area contributed by atoms with Crippen molar-refractivity contribution in [2.24, 2.45) is 5.10 Å². The number of aryl methyl sites for hydroxylation is 1. The van der Waals surface area contributed by atoms with Gasteiger partial charge in [0.25, 0.3) is 5.91 Å². The van der Waals surface area contributed by atoms with E-state index in [1.54, 1.807) is 30.3 Å². The first-order valence-electron chi connectivity index (χ1n) is 8.59. The fourth-order valence-corrected chi connectivity index (χ4v) is 3.35. The second-order valence-electron chi connectivity index (χ2n) is 6.28. The molecule has 144 valence electrons. The van der Waals surface area contributed by atoms with Gasteiger partial charge in [-0.3, -0.25) is 4.79 Å². The van der Waals surface area contributed by atoms with Gasteiger partial charge in [0.1, 0.15) is 0 Å². The SMILES string of the molecule is Cc1cc(/C=N\NC(=O)[C@H](O)c2ccccc2)c(C)n1-c1cccc(Cl)c1Cl. The molecule has 0 saturated carbocycles. The number of amides is 1. The summed E-state index contributed by atoms with van der Waals surface area (Å²) in [7, 11) is 0. The van der Waals surface area contributed by atoms with Crippen LogP contribution in [0, 0.1) is 13.8 Å². The minimum atomic E-state index is -1.28. The molecule has 1 heterocycles. The maximum absolute atomic E-state index is 12.1. The zero-order valence-electron chi connectivity index (χ0n) is 15.4. The van der Waals surface area contributed by atoms with E-state index in [1.165, 1.54) is 6.21 Å². The van der Waals surface area contributed by atoms with Gasteiger partial charge >= 0.3 is 0 Å². The first-order valence-corrected chi connectivity index (χ1v) is 9.35. The number of aliphatic hydroxyl groups is 1. The number of benzene rings is 2. The standard InChI is InChI=1S/C21H19Cl2N3O2/c1-13-11-16(14(2)26(13)18-10-6-9-17(22)19(18)23)12-24-25-21(28)20(27)15-7-4-3-5-8-15/h3-12,20,27H,1-2H3,(H,25,28)/b24-12-/t20-/m1/s1. The van der Waals surface area contributed by atoms with E-state index in [2.05, 4.69) is 10.5 Å². The lowest BCUT2D eigenvalue weighted by Gasteiger charge is -2.12. The van der Waals surface area contributed by atoms with Crippen molar-refractivity contribution in [3.05, 3.63) is 87.2 Å². The molecule has 0 fully saturated rings. The van der Waals surface area contributed by atoms with Crippen LogP contribution >= 0.6 is 23.2 Å². The van der Waals surface area contributed by atoms with E-state index in [9.17, 15) is 9.90 Å². The molecule has 2 aromatic carbocycles. The number of aliphatic hydroxyl groups excluding tert-OH is 1. The quantitative estimate of drug-likeness (QED) is 0.472. The van der Waals surface area contributed by atoms with Gasteiger partial charge in [-0.25, -0.2) is 5.43 Å². The van der Waals surface area contributed by atoms with Crippen molar-refractivity contribution in [2.75, 3.05) is 0 Å². The zero-order valence-corrected chi connectivity index (χ0v) is 16.9. The summed E-state index contributed by atoms with van der Waals surface area (Å²) in [6.45, 7) is 3.87. The highest BCUT2D eigenvalue weighted by Gasteiger charge is 2.17. The van der Waals surface area contributed by atoms with Gasteiger partial charge in [0.05, 0.1) is 21.9 Å². The highest BCUT2D eigenvalue weighted by atomic mass is 35.5. The van der Waals surface area contributed by atoms with Crippen LogP contribution in [-0.2, 0) is 4.79 Å². The number of rotatable bonds is 5. The molecule has 1 aromatic heterocycles. The maximum Gasteiger partial charge on any atom is 0.273 e. The number of aromatic nitrogens is 1. The van der Waals surface area contributed by atoms with Crippen LogP contribution in [0.25, 0.3) is 5.69 Å². The number of nitrogens with one attached hydrogen (secondary N) is 1. The average molecular weight is 416 g/mol. The van der Waals surface area contributed by atoms with E-state index >= 15 is 0 Å². The van der Waals surface area contributed by atoms with Crippen LogP contribution in [0.3, 0.4) is 0 Å². The summed E-state index contributed by atoms with van der Waals surface area (Å²) < 4.78 is 1.97. The van der Waals surface area contributed by atoms with Gasteiger partial charge in [-0.1, -0.05) is 59.6 Å². The van der Waals surface area contributed by atoms with E-state index in [0.29, 0.717) is 15.6 Å². The summed E-state index contributed by atoms with van der Waals surface area (Å²) in [5, 5.41) is 15.0. The second-order valence-corrected chi connectivity index (χ2v) is 7.07. The van der Waals surface area contributed by atoms with E-state index in [-0.39, 0.29) is 0 Å². The molecule has 3 aromatic rings. The van der Waals surface area contributed by atoms with Crippen LogP contribution in [0.5, 0.6) is 0 Å². The molecular weight excluding hydrogens is 397 g/mol. The lowest BCUT2D eigenvalue weighted by atomic mass is 10.1. The Morgan fingerprint density at radius 1 is 1.14 bits per heavy atom. The van der Waals surface area contributed by atoms with E-state index in [0.717, 1.165) is 22.6 Å². The van der Waals surface area contributed by atoms with Crippen LogP contribution in [-0.4, -0.2) is 21.8 Å². The predicted molar refractivity (Wildman–Crippen MR) is 112 cm³/mol. The molecule has 0 unspecified atom stereocenters. The number of hydrogen-bond acceptors (Lipinski definition) is 3. The first kappa shape index (κ1) is 20.1. The molecule has 0 radical (unpaired) electrons.